The lowest BCUT2D eigenvalue weighted by Crippen LogP contribution is -2.18. The summed E-state index contributed by atoms with van der Waals surface area (Å²) in [7, 11) is 0. The fourth-order valence-electron chi connectivity index (χ4n) is 9.66. The van der Waals surface area contributed by atoms with E-state index >= 15 is 0 Å². The maximum atomic E-state index is 2.45. The lowest BCUT2D eigenvalue weighted by Gasteiger charge is -2.29. The van der Waals surface area contributed by atoms with Crippen LogP contribution in [0.3, 0.4) is 0 Å². The molecule has 0 N–H and O–H groups in total. The van der Waals surface area contributed by atoms with Crippen LogP contribution >= 0.6 is 0 Å². The van der Waals surface area contributed by atoms with E-state index in [9.17, 15) is 0 Å². The van der Waals surface area contributed by atoms with E-state index in [4.69, 9.17) is 0 Å². The maximum Gasteiger partial charge on any atom is 0.0547 e. The van der Waals surface area contributed by atoms with Crippen molar-refractivity contribution in [3.8, 4) is 27.9 Å². The molecule has 0 atom stereocenters. The van der Waals surface area contributed by atoms with Crippen LogP contribution in [-0.4, -0.2) is 4.57 Å². The molecule has 0 unspecified atom stereocenters. The first-order valence-corrected chi connectivity index (χ1v) is 20.2. The molecule has 1 heterocycles. The molecule has 8 aromatic carbocycles. The molecule has 0 radical (unpaired) electrons. The standard InChI is InChI=1S/C55H42N2/c1-55(2)50-20-12-11-19-47(50)48-32-31-45(36-51(48)55)56(43-27-21-38(22-28-43)37-13-5-3-6-14-37)44-29-23-39(24-30-44)41-26-33-52-49(35-41)54-46-18-10-9-15-40(46)25-34-53(54)57(52)42-16-7-4-8-17-42/h3-11,13-19,21-36H,12,20H2,1-2H3. The van der Waals surface area contributed by atoms with Gasteiger partial charge in [-0.05, 0) is 129 Å². The molecule has 2 aliphatic carbocycles. The Hall–Kier alpha value is -6.90. The van der Waals surface area contributed by atoms with Crippen LogP contribution in [0.25, 0.3) is 66.1 Å². The highest BCUT2D eigenvalue weighted by atomic mass is 15.1. The normalized spacial score (nSPS) is 14.4. The van der Waals surface area contributed by atoms with Crippen molar-refractivity contribution in [1.82, 2.24) is 4.57 Å². The van der Waals surface area contributed by atoms with E-state index in [2.05, 4.69) is 217 Å². The molecule has 2 heteroatoms. The Balaban J connectivity index is 1.03. The Morgan fingerprint density at radius 1 is 0.509 bits per heavy atom. The van der Waals surface area contributed by atoms with E-state index in [-0.39, 0.29) is 5.41 Å². The number of hydrogen-bond acceptors (Lipinski definition) is 1. The van der Waals surface area contributed by atoms with Gasteiger partial charge >= 0.3 is 0 Å². The Morgan fingerprint density at radius 3 is 1.88 bits per heavy atom. The summed E-state index contributed by atoms with van der Waals surface area (Å²) in [6.07, 6.45) is 6.93. The van der Waals surface area contributed by atoms with Crippen molar-refractivity contribution in [3.63, 3.8) is 0 Å². The number of anilines is 3. The van der Waals surface area contributed by atoms with Gasteiger partial charge in [0.1, 0.15) is 0 Å². The van der Waals surface area contributed by atoms with E-state index in [0.29, 0.717) is 0 Å². The highest BCUT2D eigenvalue weighted by Gasteiger charge is 2.37. The van der Waals surface area contributed by atoms with Gasteiger partial charge in [-0.3, -0.25) is 0 Å². The van der Waals surface area contributed by atoms with Crippen LogP contribution in [0.15, 0.2) is 200 Å². The molecule has 0 amide bonds. The summed E-state index contributed by atoms with van der Waals surface area (Å²) in [5, 5.41) is 5.09. The number of aromatic nitrogens is 1. The van der Waals surface area contributed by atoms with E-state index in [0.717, 1.165) is 24.2 Å². The van der Waals surface area contributed by atoms with Crippen molar-refractivity contribution in [2.45, 2.75) is 32.1 Å². The first-order chi connectivity index (χ1) is 28.0. The quantitative estimate of drug-likeness (QED) is 0.165. The molecular weight excluding hydrogens is 689 g/mol. The lowest BCUT2D eigenvalue weighted by molar-refractivity contribution is 0.607. The van der Waals surface area contributed by atoms with Gasteiger partial charge in [-0.15, -0.1) is 0 Å². The van der Waals surface area contributed by atoms with Gasteiger partial charge in [0.15, 0.2) is 0 Å². The monoisotopic (exact) mass is 730 g/mol. The summed E-state index contributed by atoms with van der Waals surface area (Å²) in [6.45, 7) is 4.81. The predicted octanol–water partition coefficient (Wildman–Crippen LogP) is 15.1. The van der Waals surface area contributed by atoms with E-state index < -0.39 is 0 Å². The second-order valence-electron chi connectivity index (χ2n) is 16.1. The fourth-order valence-corrected chi connectivity index (χ4v) is 9.66. The summed E-state index contributed by atoms with van der Waals surface area (Å²) in [4.78, 5) is 2.42. The van der Waals surface area contributed by atoms with Crippen molar-refractivity contribution in [1.29, 1.82) is 0 Å². The number of hydrogen-bond donors (Lipinski definition) is 0. The third-order valence-corrected chi connectivity index (χ3v) is 12.5. The minimum absolute atomic E-state index is 0.00820. The third kappa shape index (κ3) is 5.39. The van der Waals surface area contributed by atoms with Crippen LogP contribution in [-0.2, 0) is 5.41 Å². The van der Waals surface area contributed by atoms with Crippen LogP contribution in [0.2, 0.25) is 0 Å². The van der Waals surface area contributed by atoms with Crippen LogP contribution in [0.1, 0.15) is 37.8 Å². The Bertz CT molecular complexity index is 3050. The Labute approximate surface area is 334 Å². The van der Waals surface area contributed by atoms with Crippen molar-refractivity contribution in [2.24, 2.45) is 0 Å². The first kappa shape index (κ1) is 33.4. The lowest BCUT2D eigenvalue weighted by atomic mass is 9.78. The van der Waals surface area contributed by atoms with Gasteiger partial charge in [-0.2, -0.15) is 0 Å². The Morgan fingerprint density at radius 2 is 1.12 bits per heavy atom. The van der Waals surface area contributed by atoms with Gasteiger partial charge in [-0.25, -0.2) is 0 Å². The minimum Gasteiger partial charge on any atom is -0.310 e. The molecule has 11 rings (SSSR count). The second-order valence-corrected chi connectivity index (χ2v) is 16.1. The molecular formula is C55H42N2. The van der Waals surface area contributed by atoms with Crippen molar-refractivity contribution in [3.05, 3.63) is 211 Å². The zero-order valence-corrected chi connectivity index (χ0v) is 32.3. The van der Waals surface area contributed by atoms with Gasteiger partial charge in [0, 0.05) is 38.9 Å². The fraction of sp³-hybridized carbons (Fsp3) is 0.0909. The molecule has 57 heavy (non-hydrogen) atoms. The zero-order valence-electron chi connectivity index (χ0n) is 32.3. The topological polar surface area (TPSA) is 8.17 Å². The number of rotatable bonds is 6. The predicted molar refractivity (Wildman–Crippen MR) is 242 cm³/mol. The van der Waals surface area contributed by atoms with Gasteiger partial charge in [-0.1, -0.05) is 147 Å². The zero-order chi connectivity index (χ0) is 38.1. The van der Waals surface area contributed by atoms with Crippen molar-refractivity contribution in [2.75, 3.05) is 4.90 Å². The van der Waals surface area contributed by atoms with E-state index in [1.807, 2.05) is 0 Å². The SMILES string of the molecule is CC1(C)C2=C(C=CCC2)c2ccc(N(c3ccc(-c4ccccc4)cc3)c3ccc(-c4ccc5c(c4)c4c6ccccc6ccc4n5-c4ccccc4)cc3)cc21. The smallest absolute Gasteiger partial charge is 0.0547 e. The molecule has 2 aliphatic rings. The molecule has 9 aromatic rings. The molecule has 0 saturated carbocycles. The average Bonchev–Trinajstić information content (AvgIpc) is 3.73. The van der Waals surface area contributed by atoms with Gasteiger partial charge in [0.05, 0.1) is 11.0 Å². The summed E-state index contributed by atoms with van der Waals surface area (Å²) < 4.78 is 2.41. The van der Waals surface area contributed by atoms with Crippen LogP contribution < -0.4 is 4.90 Å². The molecule has 1 aromatic heterocycles. The molecule has 0 fully saturated rings. The van der Waals surface area contributed by atoms with Crippen LogP contribution in [0.4, 0.5) is 17.1 Å². The second kappa shape index (κ2) is 13.1. The summed E-state index contributed by atoms with van der Waals surface area (Å²) >= 11 is 0. The average molecular weight is 731 g/mol. The summed E-state index contributed by atoms with van der Waals surface area (Å²) in [5.74, 6) is 0. The van der Waals surface area contributed by atoms with Crippen LogP contribution in [0, 0.1) is 0 Å². The molecule has 0 saturated heterocycles. The minimum atomic E-state index is -0.00820. The number of fused-ring (bicyclic) bond motifs is 7. The van der Waals surface area contributed by atoms with Crippen molar-refractivity contribution < 1.29 is 0 Å². The highest BCUT2D eigenvalue weighted by Crippen LogP contribution is 2.52. The molecule has 0 aliphatic heterocycles. The van der Waals surface area contributed by atoms with Gasteiger partial charge in [0.2, 0.25) is 0 Å². The maximum absolute atomic E-state index is 2.45. The third-order valence-electron chi connectivity index (χ3n) is 12.5. The number of para-hydroxylation sites is 1. The Kier molecular flexibility index (Phi) is 7.69. The van der Waals surface area contributed by atoms with Gasteiger partial charge in [0.25, 0.3) is 0 Å². The highest BCUT2D eigenvalue weighted by molar-refractivity contribution is 6.21. The first-order valence-electron chi connectivity index (χ1n) is 20.2. The number of benzene rings is 8. The van der Waals surface area contributed by atoms with E-state index in [1.165, 1.54) is 82.9 Å². The number of nitrogens with zero attached hydrogens (tertiary/aromatic N) is 2. The molecule has 0 bridgehead atoms. The number of allylic oxidation sites excluding steroid dienone is 4. The molecule has 2 nitrogen and oxygen atoms in total. The summed E-state index contributed by atoms with van der Waals surface area (Å²) in [5.41, 5.74) is 17.7. The largest absolute Gasteiger partial charge is 0.310 e. The summed E-state index contributed by atoms with van der Waals surface area (Å²) in [6, 6.07) is 66.9. The molecule has 272 valence electrons. The van der Waals surface area contributed by atoms with Crippen LogP contribution in [0.5, 0.6) is 0 Å². The molecule has 0 spiro atoms. The van der Waals surface area contributed by atoms with E-state index in [1.54, 1.807) is 5.57 Å². The van der Waals surface area contributed by atoms with Crippen molar-refractivity contribution >= 4 is 55.2 Å². The van der Waals surface area contributed by atoms with Gasteiger partial charge < -0.3 is 9.47 Å².